The maximum atomic E-state index is 14.5. The molecule has 168 valence electrons. The molecule has 32 heavy (non-hydrogen) atoms. The molecule has 4 rings (SSSR count). The van der Waals surface area contributed by atoms with Crippen LogP contribution in [0.3, 0.4) is 0 Å². The van der Waals surface area contributed by atoms with E-state index in [4.69, 9.17) is 11.6 Å². The van der Waals surface area contributed by atoms with Crippen LogP contribution in [0.15, 0.2) is 49.2 Å². The summed E-state index contributed by atoms with van der Waals surface area (Å²) in [6, 6.07) is 9.31. The van der Waals surface area contributed by atoms with Crippen LogP contribution in [0.25, 0.3) is 11.1 Å². The molecule has 0 aliphatic carbocycles. The number of fused-ring (bicyclic) bond motifs is 1. The van der Waals surface area contributed by atoms with Gasteiger partial charge in [-0.05, 0) is 42.7 Å². The maximum absolute atomic E-state index is 14.5. The molecule has 2 aromatic heterocycles. The van der Waals surface area contributed by atoms with Crippen LogP contribution < -0.4 is 0 Å². The Morgan fingerprint density at radius 3 is 2.72 bits per heavy atom. The van der Waals surface area contributed by atoms with Crippen LogP contribution in [0.1, 0.15) is 47.5 Å². The van der Waals surface area contributed by atoms with Gasteiger partial charge < -0.3 is 4.90 Å². The number of nitrogens with zero attached hydrogens (tertiary/aromatic N) is 3. The summed E-state index contributed by atoms with van der Waals surface area (Å²) in [6.45, 7) is 8.26. The monoisotopic (exact) mass is 493 g/mol. The molecule has 3 heterocycles. The van der Waals surface area contributed by atoms with Crippen molar-refractivity contribution in [2.45, 2.75) is 38.0 Å². The molecule has 2 unspecified atom stereocenters. The normalized spacial score (nSPS) is 16.3. The Kier molecular flexibility index (Phi) is 6.27. The van der Waals surface area contributed by atoms with E-state index in [0.717, 1.165) is 16.0 Å². The summed E-state index contributed by atoms with van der Waals surface area (Å²) in [6.07, 6.45) is 2.97. The van der Waals surface area contributed by atoms with Crippen molar-refractivity contribution in [1.82, 2.24) is 14.7 Å². The number of halogens is 3. The molecule has 0 saturated heterocycles. The minimum Gasteiger partial charge on any atom is -0.333 e. The van der Waals surface area contributed by atoms with E-state index in [-0.39, 0.29) is 23.6 Å². The first-order chi connectivity index (χ1) is 15.1. The van der Waals surface area contributed by atoms with Crippen molar-refractivity contribution in [2.75, 3.05) is 6.54 Å². The highest BCUT2D eigenvalue weighted by Gasteiger charge is 2.36. The van der Waals surface area contributed by atoms with Crippen LogP contribution in [0, 0.1) is 0 Å². The molecule has 1 aromatic carbocycles. The largest absolute Gasteiger partial charge is 0.333 e. The summed E-state index contributed by atoms with van der Waals surface area (Å²) in [5.74, 6) is -0.386. The van der Waals surface area contributed by atoms with Crippen LogP contribution in [-0.2, 0) is 17.0 Å². The number of carbonyl (C=O) groups is 1. The van der Waals surface area contributed by atoms with Crippen molar-refractivity contribution in [3.63, 3.8) is 0 Å². The third-order valence-electron chi connectivity index (χ3n) is 5.61. The van der Waals surface area contributed by atoms with E-state index in [2.05, 4.69) is 11.7 Å². The van der Waals surface area contributed by atoms with Gasteiger partial charge in [-0.15, -0.1) is 11.3 Å². The molecule has 1 amide bonds. The molecule has 0 bridgehead atoms. The minimum atomic E-state index is -3.18. The van der Waals surface area contributed by atoms with Crippen molar-refractivity contribution in [3.8, 4) is 11.1 Å². The lowest BCUT2D eigenvalue weighted by Gasteiger charge is -2.33. The quantitative estimate of drug-likeness (QED) is 0.303. The number of alkyl halides is 2. The van der Waals surface area contributed by atoms with Gasteiger partial charge in [0.15, 0.2) is 0 Å². The first kappa shape index (κ1) is 23.1. The number of hydrogen-bond donors (Lipinski definition) is 0. The predicted molar refractivity (Wildman–Crippen MR) is 128 cm³/mol. The number of benzene rings is 1. The van der Waals surface area contributed by atoms with E-state index in [1.165, 1.54) is 17.4 Å². The molecule has 0 N–H and O–H groups in total. The fourth-order valence-electron chi connectivity index (χ4n) is 4.09. The number of rotatable bonds is 5. The Hall–Kier alpha value is -2.08. The lowest BCUT2D eigenvalue weighted by atomic mass is 9.84. The average Bonchev–Trinajstić information content (AvgIpc) is 3.35. The van der Waals surface area contributed by atoms with E-state index in [1.807, 2.05) is 44.2 Å². The number of aromatic nitrogens is 2. The van der Waals surface area contributed by atoms with Gasteiger partial charge in [-0.1, -0.05) is 51.7 Å². The number of thiophene rings is 1. The zero-order chi connectivity index (χ0) is 23.2. The van der Waals surface area contributed by atoms with Crippen LogP contribution in [-0.4, -0.2) is 27.1 Å². The fraction of sp³-hybridized carbons (Fsp3) is 0.304. The van der Waals surface area contributed by atoms with Gasteiger partial charge in [0.25, 0.3) is 0 Å². The fourth-order valence-corrected chi connectivity index (χ4v) is 5.66. The smallest absolute Gasteiger partial charge is 0.302 e. The highest BCUT2D eigenvalue weighted by Crippen LogP contribution is 2.46. The summed E-state index contributed by atoms with van der Waals surface area (Å²) in [7, 11) is 1.59. The molecule has 3 aromatic rings. The van der Waals surface area contributed by atoms with Gasteiger partial charge >= 0.3 is 5.66 Å². The van der Waals surface area contributed by atoms with E-state index >= 15 is 0 Å². The first-order valence-electron chi connectivity index (χ1n) is 10.1. The molecule has 0 spiro atoms. The van der Waals surface area contributed by atoms with Gasteiger partial charge in [0, 0.05) is 35.1 Å². The minimum absolute atomic E-state index is 0.0697. The lowest BCUT2D eigenvalue weighted by Crippen LogP contribution is -2.37. The van der Waals surface area contributed by atoms with E-state index in [0.29, 0.717) is 28.6 Å². The predicted octanol–water partition coefficient (Wildman–Crippen LogP) is 6.43. The SMILES string of the molecule is C=CC(=O)N1Cc2sc(Cl)cc2C(c2ccccc2-c2cn(C(C)C)nc2C(F)(F)P)C1. The third-order valence-corrected chi connectivity index (χ3v) is 7.15. The molecule has 0 fully saturated rings. The van der Waals surface area contributed by atoms with Crippen LogP contribution >= 0.6 is 32.2 Å². The Morgan fingerprint density at radius 2 is 2.06 bits per heavy atom. The molecule has 9 heteroatoms. The first-order valence-corrected chi connectivity index (χ1v) is 11.9. The molecule has 4 nitrogen and oxygen atoms in total. The van der Waals surface area contributed by atoms with Gasteiger partial charge in [0.2, 0.25) is 5.91 Å². The van der Waals surface area contributed by atoms with Crippen molar-refractivity contribution >= 4 is 38.1 Å². The molecular formula is C23H23ClF2N3OPS. The molecule has 2 atom stereocenters. The summed E-state index contributed by atoms with van der Waals surface area (Å²) in [5.41, 5.74) is -0.551. The van der Waals surface area contributed by atoms with Crippen LogP contribution in [0.4, 0.5) is 8.78 Å². The van der Waals surface area contributed by atoms with Crippen molar-refractivity contribution in [3.05, 3.63) is 75.2 Å². The molecule has 1 aliphatic rings. The zero-order valence-electron chi connectivity index (χ0n) is 17.7. The van der Waals surface area contributed by atoms with E-state index in [1.54, 1.807) is 25.0 Å². The standard InChI is InChI=1S/C23H23ClF2N3OPS/c1-4-21(30)28-10-17(16-9-20(24)32-19(16)12-28)14-7-5-6-8-15(14)18-11-29(13(2)3)27-22(18)23(25,26)31/h4-9,11,13,17H,1,10,12,31H2,2-3H3. The van der Waals surface area contributed by atoms with Crippen LogP contribution in [0.2, 0.25) is 4.34 Å². The van der Waals surface area contributed by atoms with E-state index < -0.39 is 5.66 Å². The van der Waals surface area contributed by atoms with Crippen molar-refractivity contribution < 1.29 is 13.6 Å². The second-order valence-corrected chi connectivity index (χ2v) is 10.6. The zero-order valence-corrected chi connectivity index (χ0v) is 20.4. The van der Waals surface area contributed by atoms with Gasteiger partial charge in [0.1, 0.15) is 5.69 Å². The second kappa shape index (κ2) is 8.69. The molecule has 0 radical (unpaired) electrons. The number of carbonyl (C=O) groups excluding carboxylic acids is 1. The molecule has 0 saturated carbocycles. The van der Waals surface area contributed by atoms with Crippen molar-refractivity contribution in [2.24, 2.45) is 0 Å². The molecule has 1 aliphatic heterocycles. The average molecular weight is 494 g/mol. The Morgan fingerprint density at radius 1 is 1.34 bits per heavy atom. The third kappa shape index (κ3) is 4.26. The number of hydrogen-bond acceptors (Lipinski definition) is 3. The van der Waals surface area contributed by atoms with Gasteiger partial charge in [0.05, 0.1) is 10.9 Å². The Balaban J connectivity index is 1.90. The van der Waals surface area contributed by atoms with Gasteiger partial charge in [-0.2, -0.15) is 13.9 Å². The van der Waals surface area contributed by atoms with Crippen molar-refractivity contribution in [1.29, 1.82) is 0 Å². The van der Waals surface area contributed by atoms with Crippen LogP contribution in [0.5, 0.6) is 0 Å². The Labute approximate surface area is 197 Å². The summed E-state index contributed by atoms with van der Waals surface area (Å²) < 4.78 is 31.2. The highest BCUT2D eigenvalue weighted by molar-refractivity contribution is 7.17. The van der Waals surface area contributed by atoms with Gasteiger partial charge in [-0.3, -0.25) is 9.48 Å². The lowest BCUT2D eigenvalue weighted by molar-refractivity contribution is -0.127. The summed E-state index contributed by atoms with van der Waals surface area (Å²) >= 11 is 7.76. The second-order valence-electron chi connectivity index (χ2n) is 8.08. The van der Waals surface area contributed by atoms with E-state index in [9.17, 15) is 13.6 Å². The summed E-state index contributed by atoms with van der Waals surface area (Å²) in [4.78, 5) is 15.1. The molecular weight excluding hydrogens is 471 g/mol. The topological polar surface area (TPSA) is 38.1 Å². The summed E-state index contributed by atoms with van der Waals surface area (Å²) in [5, 5.41) is 4.20. The van der Waals surface area contributed by atoms with Gasteiger partial charge in [-0.25, -0.2) is 0 Å². The maximum Gasteiger partial charge on any atom is 0.302 e. The highest BCUT2D eigenvalue weighted by atomic mass is 35.5. The number of amides is 1. The Bertz CT molecular complexity index is 1180.